The number of piperazine rings is 1. The molecule has 1 N–H and O–H groups in total. The fraction of sp³-hybridized carbons (Fsp3) is 0.333. The van der Waals surface area contributed by atoms with Crippen molar-refractivity contribution >= 4 is 23.3 Å². The molecule has 106 valence electrons. The number of hydrogen-bond donors (Lipinski definition) is 1. The first-order valence-corrected chi connectivity index (χ1v) is 5.91. The van der Waals surface area contributed by atoms with Crippen molar-refractivity contribution < 1.29 is 19.6 Å². The van der Waals surface area contributed by atoms with Crippen LogP contribution >= 0.6 is 0 Å². The van der Waals surface area contributed by atoms with Crippen LogP contribution in [0.25, 0.3) is 0 Å². The van der Waals surface area contributed by atoms with E-state index >= 15 is 0 Å². The second kappa shape index (κ2) is 5.16. The zero-order valence-corrected chi connectivity index (χ0v) is 10.8. The predicted octanol–water partition coefficient (Wildman–Crippen LogP) is 0.571. The summed E-state index contributed by atoms with van der Waals surface area (Å²) in [6.07, 6.45) is 0. The molecule has 0 aromatic heterocycles. The number of hydrogen-bond acceptors (Lipinski definition) is 5. The third-order valence-electron chi connectivity index (χ3n) is 3.22. The average molecular weight is 279 g/mol. The molecule has 0 atom stereocenters. The number of carbonyl (C=O) groups is 2. The first-order chi connectivity index (χ1) is 9.40. The molecule has 0 saturated carbocycles. The molecule has 0 aliphatic carbocycles. The standard InChI is InChI=1S/C12H13N3O5/c1-13-4-5-14(7-11(13)16)9-3-2-8(12(17)18)6-10(9)15(19)20/h2-3,6H,4-5,7H2,1H3,(H,17,18). The Morgan fingerprint density at radius 3 is 2.65 bits per heavy atom. The number of anilines is 1. The molecule has 0 unspecified atom stereocenters. The molecule has 2 rings (SSSR count). The van der Waals surface area contributed by atoms with Crippen molar-refractivity contribution in [2.75, 3.05) is 31.6 Å². The van der Waals surface area contributed by atoms with E-state index in [4.69, 9.17) is 5.11 Å². The summed E-state index contributed by atoms with van der Waals surface area (Å²) in [6.45, 7) is 0.982. The van der Waals surface area contributed by atoms with Crippen LogP contribution < -0.4 is 4.90 Å². The van der Waals surface area contributed by atoms with Crippen LogP contribution in [-0.2, 0) is 4.79 Å². The third-order valence-corrected chi connectivity index (χ3v) is 3.22. The van der Waals surface area contributed by atoms with Crippen molar-refractivity contribution in [3.05, 3.63) is 33.9 Å². The van der Waals surface area contributed by atoms with Crippen molar-refractivity contribution in [3.63, 3.8) is 0 Å². The van der Waals surface area contributed by atoms with Gasteiger partial charge in [0.2, 0.25) is 5.91 Å². The Morgan fingerprint density at radius 2 is 2.10 bits per heavy atom. The Labute approximate surface area is 114 Å². The molecular formula is C12H13N3O5. The molecule has 1 fully saturated rings. The summed E-state index contributed by atoms with van der Waals surface area (Å²) in [4.78, 5) is 36.1. The second-order valence-corrected chi connectivity index (χ2v) is 4.50. The molecule has 1 heterocycles. The van der Waals surface area contributed by atoms with E-state index in [-0.39, 0.29) is 29.4 Å². The van der Waals surface area contributed by atoms with E-state index in [2.05, 4.69) is 0 Å². The SMILES string of the molecule is CN1CCN(c2ccc(C(=O)O)cc2[N+](=O)[O-])CC1=O. The van der Waals surface area contributed by atoms with Gasteiger partial charge in [-0.3, -0.25) is 14.9 Å². The molecule has 1 aliphatic rings. The highest BCUT2D eigenvalue weighted by atomic mass is 16.6. The number of rotatable bonds is 3. The van der Waals surface area contributed by atoms with Gasteiger partial charge >= 0.3 is 5.97 Å². The molecule has 20 heavy (non-hydrogen) atoms. The van der Waals surface area contributed by atoms with Crippen molar-refractivity contribution in [2.24, 2.45) is 0 Å². The van der Waals surface area contributed by atoms with E-state index in [9.17, 15) is 19.7 Å². The maximum atomic E-state index is 11.7. The fourth-order valence-corrected chi connectivity index (χ4v) is 2.03. The first-order valence-electron chi connectivity index (χ1n) is 5.91. The van der Waals surface area contributed by atoms with Gasteiger partial charge in [-0.15, -0.1) is 0 Å². The second-order valence-electron chi connectivity index (χ2n) is 4.50. The highest BCUT2D eigenvalue weighted by Crippen LogP contribution is 2.30. The molecule has 0 radical (unpaired) electrons. The molecule has 0 bridgehead atoms. The zero-order valence-electron chi connectivity index (χ0n) is 10.8. The van der Waals surface area contributed by atoms with Gasteiger partial charge in [-0.1, -0.05) is 0 Å². The van der Waals surface area contributed by atoms with Crippen molar-refractivity contribution in [1.29, 1.82) is 0 Å². The normalized spacial score (nSPS) is 15.3. The van der Waals surface area contributed by atoms with Gasteiger partial charge in [-0.25, -0.2) is 4.79 Å². The number of nitro groups is 1. The number of nitrogens with zero attached hydrogens (tertiary/aromatic N) is 3. The van der Waals surface area contributed by atoms with Gasteiger partial charge in [-0.05, 0) is 12.1 Å². The van der Waals surface area contributed by atoms with Crippen LogP contribution in [0.2, 0.25) is 0 Å². The van der Waals surface area contributed by atoms with Gasteiger partial charge in [0.15, 0.2) is 0 Å². The minimum Gasteiger partial charge on any atom is -0.478 e. The number of carboxylic acids is 1. The number of carboxylic acid groups (broad SMARTS) is 1. The Hall–Kier alpha value is -2.64. The van der Waals surface area contributed by atoms with E-state index in [1.807, 2.05) is 0 Å². The number of amides is 1. The van der Waals surface area contributed by atoms with Gasteiger partial charge in [0.05, 0.1) is 17.0 Å². The van der Waals surface area contributed by atoms with E-state index in [1.54, 1.807) is 16.8 Å². The summed E-state index contributed by atoms with van der Waals surface area (Å²) >= 11 is 0. The molecule has 8 heteroatoms. The fourth-order valence-electron chi connectivity index (χ4n) is 2.03. The molecule has 0 spiro atoms. The quantitative estimate of drug-likeness (QED) is 0.640. The van der Waals surface area contributed by atoms with Crippen LogP contribution in [0, 0.1) is 10.1 Å². The topological polar surface area (TPSA) is 104 Å². The molecule has 1 aromatic carbocycles. The average Bonchev–Trinajstić information content (AvgIpc) is 2.41. The number of likely N-dealkylation sites (N-methyl/N-ethyl adjacent to an activating group) is 1. The van der Waals surface area contributed by atoms with Crippen LogP contribution in [0.3, 0.4) is 0 Å². The van der Waals surface area contributed by atoms with E-state index in [0.717, 1.165) is 6.07 Å². The van der Waals surface area contributed by atoms with Crippen LogP contribution in [0.1, 0.15) is 10.4 Å². The van der Waals surface area contributed by atoms with Crippen LogP contribution in [0.15, 0.2) is 18.2 Å². The van der Waals surface area contributed by atoms with Gasteiger partial charge < -0.3 is 14.9 Å². The van der Waals surface area contributed by atoms with Gasteiger partial charge in [0.1, 0.15) is 5.69 Å². The predicted molar refractivity (Wildman–Crippen MR) is 69.9 cm³/mol. The number of aromatic carboxylic acids is 1. The summed E-state index contributed by atoms with van der Waals surface area (Å²) in [5.41, 5.74) is -0.190. The van der Waals surface area contributed by atoms with Crippen molar-refractivity contribution in [3.8, 4) is 0 Å². The van der Waals surface area contributed by atoms with Gasteiger partial charge in [0, 0.05) is 26.2 Å². The van der Waals surface area contributed by atoms with Gasteiger partial charge in [-0.2, -0.15) is 0 Å². The van der Waals surface area contributed by atoms with Crippen molar-refractivity contribution in [1.82, 2.24) is 4.90 Å². The lowest BCUT2D eigenvalue weighted by Crippen LogP contribution is -2.48. The highest BCUT2D eigenvalue weighted by Gasteiger charge is 2.27. The Kier molecular flexibility index (Phi) is 3.55. The van der Waals surface area contributed by atoms with Crippen LogP contribution in [0.4, 0.5) is 11.4 Å². The first kappa shape index (κ1) is 13.8. The molecular weight excluding hydrogens is 266 g/mol. The highest BCUT2D eigenvalue weighted by molar-refractivity contribution is 5.90. The zero-order chi connectivity index (χ0) is 14.9. The lowest BCUT2D eigenvalue weighted by molar-refractivity contribution is -0.384. The van der Waals surface area contributed by atoms with Crippen LogP contribution in [0.5, 0.6) is 0 Å². The molecule has 1 saturated heterocycles. The molecule has 1 amide bonds. The number of carbonyl (C=O) groups excluding carboxylic acids is 1. The van der Waals surface area contributed by atoms with E-state index in [1.165, 1.54) is 12.1 Å². The summed E-state index contributed by atoms with van der Waals surface area (Å²) in [7, 11) is 1.67. The summed E-state index contributed by atoms with van der Waals surface area (Å²) in [5, 5.41) is 19.9. The lowest BCUT2D eigenvalue weighted by Gasteiger charge is -2.33. The minimum atomic E-state index is -1.23. The van der Waals surface area contributed by atoms with Crippen LogP contribution in [-0.4, -0.2) is 53.5 Å². The summed E-state index contributed by atoms with van der Waals surface area (Å²) in [6, 6.07) is 3.69. The lowest BCUT2D eigenvalue weighted by atomic mass is 10.1. The summed E-state index contributed by atoms with van der Waals surface area (Å²) in [5.74, 6) is -1.36. The minimum absolute atomic E-state index is 0.0454. The van der Waals surface area contributed by atoms with Crippen molar-refractivity contribution in [2.45, 2.75) is 0 Å². The number of nitro benzene ring substituents is 1. The smallest absolute Gasteiger partial charge is 0.335 e. The monoisotopic (exact) mass is 279 g/mol. The maximum absolute atomic E-state index is 11.7. The van der Waals surface area contributed by atoms with Gasteiger partial charge in [0.25, 0.3) is 5.69 Å². The maximum Gasteiger partial charge on any atom is 0.335 e. The molecule has 1 aliphatic heterocycles. The Bertz CT molecular complexity index is 586. The summed E-state index contributed by atoms with van der Waals surface area (Å²) < 4.78 is 0. The Balaban J connectivity index is 2.38. The molecule has 1 aromatic rings. The van der Waals surface area contributed by atoms with E-state index < -0.39 is 10.9 Å². The third kappa shape index (κ3) is 2.53. The molecule has 8 nitrogen and oxygen atoms in total. The van der Waals surface area contributed by atoms with E-state index in [0.29, 0.717) is 13.1 Å². The number of benzene rings is 1. The largest absolute Gasteiger partial charge is 0.478 e. The Morgan fingerprint density at radius 1 is 1.40 bits per heavy atom.